The molecule has 0 N–H and O–H groups in total. The summed E-state index contributed by atoms with van der Waals surface area (Å²) in [6, 6.07) is 16.9. The standard InChI is InChI=1S/C24H32O2S/c1-5-7-15-24(6-2,17-25)18-27-23-16-21(26-4)13-14-22(23)19(3)20-11-9-8-10-12-20/h8-14,16-17,19H,5-7,15,18H2,1-4H3. The molecule has 146 valence electrons. The Balaban J connectivity index is 2.29. The molecule has 0 fully saturated rings. The van der Waals surface area contributed by atoms with E-state index in [1.165, 1.54) is 22.3 Å². The van der Waals surface area contributed by atoms with Crippen molar-refractivity contribution in [1.82, 2.24) is 0 Å². The van der Waals surface area contributed by atoms with E-state index in [2.05, 4.69) is 57.2 Å². The van der Waals surface area contributed by atoms with Gasteiger partial charge in [-0.3, -0.25) is 0 Å². The monoisotopic (exact) mass is 384 g/mol. The van der Waals surface area contributed by atoms with E-state index in [9.17, 15) is 4.79 Å². The predicted molar refractivity (Wildman–Crippen MR) is 116 cm³/mol. The number of hydrogen-bond donors (Lipinski definition) is 0. The van der Waals surface area contributed by atoms with Crippen LogP contribution in [-0.2, 0) is 4.79 Å². The van der Waals surface area contributed by atoms with Crippen LogP contribution in [0.2, 0.25) is 0 Å². The summed E-state index contributed by atoms with van der Waals surface area (Å²) in [6.07, 6.45) is 5.26. The first kappa shape index (κ1) is 21.6. The number of benzene rings is 2. The second kappa shape index (κ2) is 10.6. The molecule has 0 aromatic heterocycles. The number of methoxy groups -OCH3 is 1. The Morgan fingerprint density at radius 1 is 1.15 bits per heavy atom. The van der Waals surface area contributed by atoms with Crippen molar-refractivity contribution < 1.29 is 9.53 Å². The maximum absolute atomic E-state index is 11.9. The third-order valence-corrected chi connectivity index (χ3v) is 6.87. The summed E-state index contributed by atoms with van der Waals surface area (Å²) in [6.45, 7) is 6.55. The van der Waals surface area contributed by atoms with Crippen LogP contribution in [0.4, 0.5) is 0 Å². The fourth-order valence-electron chi connectivity index (χ4n) is 3.32. The van der Waals surface area contributed by atoms with Crippen LogP contribution in [0.3, 0.4) is 0 Å². The highest BCUT2D eigenvalue weighted by molar-refractivity contribution is 7.99. The normalized spacial score (nSPS) is 14.4. The van der Waals surface area contributed by atoms with Gasteiger partial charge in [-0.2, -0.15) is 0 Å². The molecular weight excluding hydrogens is 352 g/mol. The number of unbranched alkanes of at least 4 members (excludes halogenated alkanes) is 1. The molecule has 0 amide bonds. The van der Waals surface area contributed by atoms with Crippen molar-refractivity contribution in [1.29, 1.82) is 0 Å². The smallest absolute Gasteiger partial charge is 0.126 e. The number of aldehydes is 1. The summed E-state index contributed by atoms with van der Waals surface area (Å²) >= 11 is 1.79. The van der Waals surface area contributed by atoms with Crippen LogP contribution in [0.5, 0.6) is 5.75 Å². The molecule has 0 heterocycles. The topological polar surface area (TPSA) is 26.3 Å². The first-order valence-corrected chi connectivity index (χ1v) is 10.9. The summed E-state index contributed by atoms with van der Waals surface area (Å²) in [5.74, 6) is 1.97. The second-order valence-electron chi connectivity index (χ2n) is 7.26. The van der Waals surface area contributed by atoms with Crippen molar-refractivity contribution in [3.05, 3.63) is 59.7 Å². The zero-order chi connectivity index (χ0) is 19.7. The number of rotatable bonds is 11. The van der Waals surface area contributed by atoms with Gasteiger partial charge in [0.2, 0.25) is 0 Å². The highest BCUT2D eigenvalue weighted by Crippen LogP contribution is 2.39. The summed E-state index contributed by atoms with van der Waals surface area (Å²) in [5, 5.41) is 0. The third-order valence-electron chi connectivity index (χ3n) is 5.48. The molecular formula is C24H32O2S. The minimum absolute atomic E-state index is 0.239. The van der Waals surface area contributed by atoms with Crippen molar-refractivity contribution >= 4 is 18.0 Å². The van der Waals surface area contributed by atoms with E-state index >= 15 is 0 Å². The van der Waals surface area contributed by atoms with Gasteiger partial charge in [0, 0.05) is 22.0 Å². The minimum atomic E-state index is -0.239. The second-order valence-corrected chi connectivity index (χ2v) is 8.28. The number of hydrogen-bond acceptors (Lipinski definition) is 3. The van der Waals surface area contributed by atoms with Gasteiger partial charge in [-0.15, -0.1) is 11.8 Å². The van der Waals surface area contributed by atoms with Gasteiger partial charge in [0.25, 0.3) is 0 Å². The molecule has 2 aromatic rings. The van der Waals surface area contributed by atoms with Gasteiger partial charge >= 0.3 is 0 Å². The summed E-state index contributed by atoms with van der Waals surface area (Å²) in [4.78, 5) is 13.1. The highest BCUT2D eigenvalue weighted by Gasteiger charge is 2.28. The van der Waals surface area contributed by atoms with E-state index in [0.717, 1.165) is 37.2 Å². The van der Waals surface area contributed by atoms with Crippen LogP contribution >= 0.6 is 11.8 Å². The van der Waals surface area contributed by atoms with Gasteiger partial charge in [-0.1, -0.05) is 70.0 Å². The molecule has 0 aliphatic carbocycles. The van der Waals surface area contributed by atoms with Crippen LogP contribution in [-0.4, -0.2) is 19.1 Å². The van der Waals surface area contributed by atoms with Gasteiger partial charge in [0.05, 0.1) is 7.11 Å². The molecule has 0 bridgehead atoms. The maximum Gasteiger partial charge on any atom is 0.126 e. The van der Waals surface area contributed by atoms with Gasteiger partial charge < -0.3 is 9.53 Å². The van der Waals surface area contributed by atoms with Crippen LogP contribution in [0.1, 0.15) is 63.5 Å². The molecule has 3 heteroatoms. The van der Waals surface area contributed by atoms with Crippen LogP contribution in [0.15, 0.2) is 53.4 Å². The summed E-state index contributed by atoms with van der Waals surface area (Å²) in [7, 11) is 1.70. The number of carbonyl (C=O) groups is 1. The Morgan fingerprint density at radius 2 is 1.89 bits per heavy atom. The number of thioether (sulfide) groups is 1. The molecule has 0 aliphatic rings. The molecule has 2 aromatic carbocycles. The largest absolute Gasteiger partial charge is 0.497 e. The predicted octanol–water partition coefficient (Wildman–Crippen LogP) is 6.72. The zero-order valence-corrected chi connectivity index (χ0v) is 17.9. The zero-order valence-electron chi connectivity index (χ0n) is 17.0. The average molecular weight is 385 g/mol. The Bertz CT molecular complexity index is 714. The van der Waals surface area contributed by atoms with Gasteiger partial charge in [0.15, 0.2) is 0 Å². The van der Waals surface area contributed by atoms with Crippen LogP contribution in [0.25, 0.3) is 0 Å². The molecule has 2 unspecified atom stereocenters. The fourth-order valence-corrected chi connectivity index (χ4v) is 4.79. The minimum Gasteiger partial charge on any atom is -0.497 e. The Kier molecular flexibility index (Phi) is 8.43. The molecule has 0 aliphatic heterocycles. The first-order chi connectivity index (χ1) is 13.1. The maximum atomic E-state index is 11.9. The van der Waals surface area contributed by atoms with E-state index in [4.69, 9.17) is 4.74 Å². The van der Waals surface area contributed by atoms with Gasteiger partial charge in [-0.25, -0.2) is 0 Å². The van der Waals surface area contributed by atoms with Crippen molar-refractivity contribution in [2.75, 3.05) is 12.9 Å². The van der Waals surface area contributed by atoms with Crippen molar-refractivity contribution in [3.8, 4) is 5.75 Å². The fraction of sp³-hybridized carbons (Fsp3) is 0.458. The molecule has 0 spiro atoms. The van der Waals surface area contributed by atoms with E-state index in [1.54, 1.807) is 18.9 Å². The third kappa shape index (κ3) is 5.62. The molecule has 0 saturated carbocycles. The van der Waals surface area contributed by atoms with E-state index in [-0.39, 0.29) is 5.41 Å². The van der Waals surface area contributed by atoms with Gasteiger partial charge in [0.1, 0.15) is 12.0 Å². The van der Waals surface area contributed by atoms with Crippen LogP contribution < -0.4 is 4.74 Å². The molecule has 2 nitrogen and oxygen atoms in total. The molecule has 2 atom stereocenters. The molecule has 27 heavy (non-hydrogen) atoms. The average Bonchev–Trinajstić information content (AvgIpc) is 2.74. The van der Waals surface area contributed by atoms with Crippen LogP contribution in [0, 0.1) is 5.41 Å². The van der Waals surface area contributed by atoms with Crippen molar-refractivity contribution in [2.24, 2.45) is 5.41 Å². The van der Waals surface area contributed by atoms with Gasteiger partial charge in [-0.05, 0) is 36.1 Å². The molecule has 2 rings (SSSR count). The lowest BCUT2D eigenvalue weighted by Gasteiger charge is -2.27. The first-order valence-electron chi connectivity index (χ1n) is 9.91. The SMILES string of the molecule is CCCCC(C=O)(CC)CSc1cc(OC)ccc1C(C)c1ccccc1. The highest BCUT2D eigenvalue weighted by atomic mass is 32.2. The lowest BCUT2D eigenvalue weighted by molar-refractivity contribution is -0.115. The van der Waals surface area contributed by atoms with Crippen molar-refractivity contribution in [3.63, 3.8) is 0 Å². The summed E-state index contributed by atoms with van der Waals surface area (Å²) in [5.41, 5.74) is 2.35. The lowest BCUT2D eigenvalue weighted by Crippen LogP contribution is -2.25. The quantitative estimate of drug-likeness (QED) is 0.317. The van der Waals surface area contributed by atoms with E-state index < -0.39 is 0 Å². The molecule has 0 radical (unpaired) electrons. The Hall–Kier alpha value is -1.74. The number of ether oxygens (including phenoxy) is 1. The van der Waals surface area contributed by atoms with E-state index in [1.807, 2.05) is 12.1 Å². The lowest BCUT2D eigenvalue weighted by atomic mass is 9.84. The Morgan fingerprint density at radius 3 is 2.48 bits per heavy atom. The van der Waals surface area contributed by atoms with E-state index in [0.29, 0.717) is 5.92 Å². The van der Waals surface area contributed by atoms with Crippen molar-refractivity contribution in [2.45, 2.75) is 57.3 Å². The summed E-state index contributed by atoms with van der Waals surface area (Å²) < 4.78 is 5.46. The number of carbonyl (C=O) groups excluding carboxylic acids is 1. The Labute approximate surface area is 168 Å². The molecule has 0 saturated heterocycles.